The van der Waals surface area contributed by atoms with Gasteiger partial charge in [-0.25, -0.2) is 9.78 Å². The molecule has 1 aliphatic rings. The standard InChI is InChI=1S/C25H22ClN5O5S/c26-17-7-4-8-18(12-17)30-15-22(33)31(25(30)36)14-20(32)29-19(11-16-5-2-1-3-6-16)23(34)24(35)28-13-21-27-9-10-37-21/h1-10,12,19H,11,13-15H2,(H,28,35)(H,29,32)/t19-/m1/s1. The maximum atomic E-state index is 13.0. The van der Waals surface area contributed by atoms with Gasteiger partial charge in [0.2, 0.25) is 11.7 Å². The Hall–Kier alpha value is -4.09. The number of rotatable bonds is 10. The van der Waals surface area contributed by atoms with Crippen LogP contribution in [0.4, 0.5) is 10.5 Å². The predicted octanol–water partition coefficient (Wildman–Crippen LogP) is 2.18. The van der Waals surface area contributed by atoms with Crippen LogP contribution in [-0.4, -0.2) is 58.6 Å². The molecule has 10 nitrogen and oxygen atoms in total. The molecule has 0 aliphatic carbocycles. The maximum Gasteiger partial charge on any atom is 0.332 e. The monoisotopic (exact) mass is 539 g/mol. The molecule has 0 spiro atoms. The van der Waals surface area contributed by atoms with Gasteiger partial charge in [0.25, 0.3) is 11.8 Å². The lowest BCUT2D eigenvalue weighted by molar-refractivity contribution is -0.140. The minimum absolute atomic E-state index is 0.0482. The van der Waals surface area contributed by atoms with Crippen LogP contribution < -0.4 is 15.5 Å². The first-order valence-electron chi connectivity index (χ1n) is 11.2. The normalized spacial score (nSPS) is 14.0. The summed E-state index contributed by atoms with van der Waals surface area (Å²) in [5.41, 5.74) is 1.14. The number of nitrogens with one attached hydrogen (secondary N) is 2. The van der Waals surface area contributed by atoms with Crippen molar-refractivity contribution in [2.75, 3.05) is 18.0 Å². The molecule has 37 heavy (non-hydrogen) atoms. The molecule has 0 bridgehead atoms. The minimum Gasteiger partial charge on any atom is -0.344 e. The molecular weight excluding hydrogens is 518 g/mol. The van der Waals surface area contributed by atoms with Gasteiger partial charge in [0.1, 0.15) is 24.1 Å². The van der Waals surface area contributed by atoms with Gasteiger partial charge in [0.05, 0.1) is 6.54 Å². The highest BCUT2D eigenvalue weighted by Crippen LogP contribution is 2.24. The van der Waals surface area contributed by atoms with Gasteiger partial charge in [-0.05, 0) is 23.8 Å². The van der Waals surface area contributed by atoms with E-state index >= 15 is 0 Å². The highest BCUT2D eigenvalue weighted by molar-refractivity contribution is 7.09. The van der Waals surface area contributed by atoms with Gasteiger partial charge in [-0.15, -0.1) is 11.3 Å². The number of hydrogen-bond acceptors (Lipinski definition) is 7. The molecule has 0 unspecified atom stereocenters. The quantitative estimate of drug-likeness (QED) is 0.300. The zero-order valence-electron chi connectivity index (χ0n) is 19.4. The number of benzene rings is 2. The lowest BCUT2D eigenvalue weighted by atomic mass is 10.0. The number of aromatic nitrogens is 1. The Balaban J connectivity index is 1.43. The molecule has 0 saturated carbocycles. The number of halogens is 1. The average molecular weight is 540 g/mol. The summed E-state index contributed by atoms with van der Waals surface area (Å²) in [7, 11) is 0. The van der Waals surface area contributed by atoms with Crippen LogP contribution in [0.5, 0.6) is 0 Å². The van der Waals surface area contributed by atoms with Crippen molar-refractivity contribution in [3.63, 3.8) is 0 Å². The first kappa shape index (κ1) is 26.0. The van der Waals surface area contributed by atoms with Gasteiger partial charge in [-0.1, -0.05) is 48.0 Å². The molecule has 12 heteroatoms. The number of imide groups is 1. The van der Waals surface area contributed by atoms with E-state index in [2.05, 4.69) is 15.6 Å². The van der Waals surface area contributed by atoms with Crippen LogP contribution in [0, 0.1) is 0 Å². The molecular formula is C25H22ClN5O5S. The zero-order chi connectivity index (χ0) is 26.4. The smallest absolute Gasteiger partial charge is 0.332 e. The second-order valence-electron chi connectivity index (χ2n) is 8.11. The van der Waals surface area contributed by atoms with Crippen molar-refractivity contribution in [1.29, 1.82) is 0 Å². The molecule has 5 amide bonds. The summed E-state index contributed by atoms with van der Waals surface area (Å²) in [4.78, 5) is 69.8. The summed E-state index contributed by atoms with van der Waals surface area (Å²) in [6.07, 6.45) is 1.63. The van der Waals surface area contributed by atoms with E-state index in [0.29, 0.717) is 21.3 Å². The Labute approximate surface area is 221 Å². The van der Waals surface area contributed by atoms with Crippen molar-refractivity contribution < 1.29 is 24.0 Å². The molecule has 1 aliphatic heterocycles. The average Bonchev–Trinajstić information content (AvgIpc) is 3.51. The minimum atomic E-state index is -1.21. The number of ketones is 1. The Kier molecular flexibility index (Phi) is 8.26. The number of anilines is 1. The fourth-order valence-electron chi connectivity index (χ4n) is 3.73. The number of thiazole rings is 1. The van der Waals surface area contributed by atoms with Crippen LogP contribution in [-0.2, 0) is 32.1 Å². The van der Waals surface area contributed by atoms with E-state index in [1.807, 2.05) is 0 Å². The van der Waals surface area contributed by atoms with Gasteiger partial charge < -0.3 is 10.6 Å². The molecule has 190 valence electrons. The van der Waals surface area contributed by atoms with Crippen LogP contribution in [0.25, 0.3) is 0 Å². The third-order valence-corrected chi connectivity index (χ3v) is 6.53. The summed E-state index contributed by atoms with van der Waals surface area (Å²) >= 11 is 7.32. The molecule has 4 rings (SSSR count). The van der Waals surface area contributed by atoms with Crippen molar-refractivity contribution in [2.24, 2.45) is 0 Å². The molecule has 0 radical (unpaired) electrons. The van der Waals surface area contributed by atoms with Gasteiger partial charge >= 0.3 is 6.03 Å². The summed E-state index contributed by atoms with van der Waals surface area (Å²) in [6, 6.07) is 13.4. The Bertz CT molecular complexity index is 1320. The lowest BCUT2D eigenvalue weighted by Crippen LogP contribution is -2.51. The molecule has 1 aromatic heterocycles. The maximum absolute atomic E-state index is 13.0. The van der Waals surface area contributed by atoms with Gasteiger partial charge in [0, 0.05) is 28.7 Å². The van der Waals surface area contributed by atoms with E-state index in [0.717, 1.165) is 4.90 Å². The molecule has 2 N–H and O–H groups in total. The lowest BCUT2D eigenvalue weighted by Gasteiger charge is -2.20. The number of urea groups is 1. The van der Waals surface area contributed by atoms with E-state index < -0.39 is 42.1 Å². The molecule has 2 heterocycles. The Morgan fingerprint density at radius 3 is 2.57 bits per heavy atom. The highest BCUT2D eigenvalue weighted by Gasteiger charge is 2.38. The van der Waals surface area contributed by atoms with E-state index in [1.54, 1.807) is 60.1 Å². The number of hydrogen-bond donors (Lipinski definition) is 2. The van der Waals surface area contributed by atoms with E-state index in [-0.39, 0.29) is 19.5 Å². The molecule has 2 aromatic carbocycles. The number of Topliss-reactive ketones (excluding diaryl/α,β-unsaturated/α-hetero) is 1. The first-order chi connectivity index (χ1) is 17.8. The molecule has 1 fully saturated rings. The van der Waals surface area contributed by atoms with Crippen molar-refractivity contribution in [1.82, 2.24) is 20.5 Å². The van der Waals surface area contributed by atoms with E-state index in [1.165, 1.54) is 22.3 Å². The van der Waals surface area contributed by atoms with Crippen molar-refractivity contribution in [3.8, 4) is 0 Å². The second-order valence-corrected chi connectivity index (χ2v) is 9.53. The van der Waals surface area contributed by atoms with E-state index in [9.17, 15) is 24.0 Å². The molecule has 1 saturated heterocycles. The van der Waals surface area contributed by atoms with Crippen LogP contribution in [0.3, 0.4) is 0 Å². The summed E-state index contributed by atoms with van der Waals surface area (Å²) in [6.45, 7) is -0.781. The number of carbonyl (C=O) groups excluding carboxylic acids is 5. The largest absolute Gasteiger partial charge is 0.344 e. The molecule has 3 aromatic rings. The van der Waals surface area contributed by atoms with Crippen LogP contribution in [0.2, 0.25) is 5.02 Å². The van der Waals surface area contributed by atoms with Crippen molar-refractivity contribution >= 4 is 58.2 Å². The second kappa shape index (κ2) is 11.8. The fraction of sp³-hybridized carbons (Fsp3) is 0.200. The van der Waals surface area contributed by atoms with E-state index in [4.69, 9.17) is 11.6 Å². The third-order valence-electron chi connectivity index (χ3n) is 5.52. The zero-order valence-corrected chi connectivity index (χ0v) is 21.0. The summed E-state index contributed by atoms with van der Waals surface area (Å²) < 4.78 is 0. The van der Waals surface area contributed by atoms with Crippen LogP contribution in [0.15, 0.2) is 66.2 Å². The topological polar surface area (TPSA) is 129 Å². The SMILES string of the molecule is O=C(CN1C(=O)CN(c2cccc(Cl)c2)C1=O)N[C@H](Cc1ccccc1)C(=O)C(=O)NCc1nccs1. The van der Waals surface area contributed by atoms with Crippen LogP contribution >= 0.6 is 22.9 Å². The number of amides is 5. The highest BCUT2D eigenvalue weighted by atomic mass is 35.5. The fourth-order valence-corrected chi connectivity index (χ4v) is 4.47. The van der Waals surface area contributed by atoms with Crippen molar-refractivity contribution in [3.05, 3.63) is 81.8 Å². The Morgan fingerprint density at radius 1 is 1.08 bits per heavy atom. The van der Waals surface area contributed by atoms with Gasteiger partial charge in [-0.3, -0.25) is 29.0 Å². The number of nitrogens with zero attached hydrogens (tertiary/aromatic N) is 3. The summed E-state index contributed by atoms with van der Waals surface area (Å²) in [5, 5.41) is 7.80. The molecule has 1 atom stereocenters. The number of carbonyl (C=O) groups is 5. The first-order valence-corrected chi connectivity index (χ1v) is 12.5. The van der Waals surface area contributed by atoms with Crippen LogP contribution in [0.1, 0.15) is 10.6 Å². The Morgan fingerprint density at radius 2 is 1.86 bits per heavy atom. The van der Waals surface area contributed by atoms with Crippen molar-refractivity contribution in [2.45, 2.75) is 19.0 Å². The van der Waals surface area contributed by atoms with Gasteiger partial charge in [0.15, 0.2) is 0 Å². The summed E-state index contributed by atoms with van der Waals surface area (Å²) in [5.74, 6) is -3.06. The van der Waals surface area contributed by atoms with Gasteiger partial charge in [-0.2, -0.15) is 0 Å². The third kappa shape index (κ3) is 6.57. The predicted molar refractivity (Wildman–Crippen MR) is 137 cm³/mol.